The third-order valence-corrected chi connectivity index (χ3v) is 4.75. The molecule has 1 aromatic heterocycles. The molecule has 0 bridgehead atoms. The van der Waals surface area contributed by atoms with E-state index in [0.717, 1.165) is 30.5 Å². The first kappa shape index (κ1) is 17.3. The zero-order valence-electron chi connectivity index (χ0n) is 14.4. The van der Waals surface area contributed by atoms with Crippen LogP contribution in [-0.2, 0) is 6.42 Å². The van der Waals surface area contributed by atoms with Gasteiger partial charge >= 0.3 is 6.03 Å². The van der Waals surface area contributed by atoms with E-state index in [1.165, 1.54) is 6.07 Å². The molecule has 1 aliphatic rings. The zero-order valence-corrected chi connectivity index (χ0v) is 14.4. The number of likely N-dealkylation sites (N-methyl/N-ethyl adjacent to an activating group) is 1. The summed E-state index contributed by atoms with van der Waals surface area (Å²) in [6, 6.07) is 6.83. The van der Waals surface area contributed by atoms with E-state index in [0.29, 0.717) is 18.9 Å². The molecule has 0 radical (unpaired) electrons. The van der Waals surface area contributed by atoms with E-state index < -0.39 is 0 Å². The minimum atomic E-state index is -0.200. The second-order valence-corrected chi connectivity index (χ2v) is 6.58. The molecule has 0 unspecified atom stereocenters. The van der Waals surface area contributed by atoms with Crippen molar-refractivity contribution in [2.24, 2.45) is 0 Å². The lowest BCUT2D eigenvalue weighted by molar-refractivity contribution is 0.205. The maximum atomic E-state index is 13.4. The Hall–Kier alpha value is -2.50. The minimum absolute atomic E-state index is 0.0752. The van der Waals surface area contributed by atoms with Gasteiger partial charge in [0.1, 0.15) is 5.82 Å². The lowest BCUT2D eigenvalue weighted by atomic mass is 9.97. The van der Waals surface area contributed by atoms with Gasteiger partial charge in [-0.25, -0.2) is 9.18 Å². The molecule has 25 heavy (non-hydrogen) atoms. The second kappa shape index (κ2) is 8.05. The summed E-state index contributed by atoms with van der Waals surface area (Å²) in [6.07, 6.45) is 8.42. The highest BCUT2D eigenvalue weighted by Gasteiger charge is 2.27. The normalized spacial score (nSPS) is 19.6. The van der Waals surface area contributed by atoms with Crippen LogP contribution in [0, 0.1) is 5.82 Å². The van der Waals surface area contributed by atoms with Crippen molar-refractivity contribution in [1.29, 1.82) is 0 Å². The van der Waals surface area contributed by atoms with E-state index in [1.54, 1.807) is 42.7 Å². The van der Waals surface area contributed by atoms with Crippen molar-refractivity contribution in [3.8, 4) is 0 Å². The lowest BCUT2D eigenvalue weighted by Gasteiger charge is -2.21. The summed E-state index contributed by atoms with van der Waals surface area (Å²) in [6.45, 7) is 0.588. The van der Waals surface area contributed by atoms with Gasteiger partial charge in [0.25, 0.3) is 0 Å². The van der Waals surface area contributed by atoms with Crippen LogP contribution in [0.15, 0.2) is 42.9 Å². The lowest BCUT2D eigenvalue weighted by Crippen LogP contribution is -2.42. The number of urea groups is 1. The molecule has 1 saturated carbocycles. The fourth-order valence-corrected chi connectivity index (χ4v) is 3.30. The summed E-state index contributed by atoms with van der Waals surface area (Å²) in [5.74, 6) is 0.111. The van der Waals surface area contributed by atoms with E-state index in [2.05, 4.69) is 15.3 Å². The molecule has 2 atom stereocenters. The third-order valence-electron chi connectivity index (χ3n) is 4.75. The number of hydrogen-bond acceptors (Lipinski definition) is 3. The zero-order chi connectivity index (χ0) is 17.6. The van der Waals surface area contributed by atoms with Crippen LogP contribution in [0.3, 0.4) is 0 Å². The van der Waals surface area contributed by atoms with Crippen molar-refractivity contribution in [3.63, 3.8) is 0 Å². The quantitative estimate of drug-likeness (QED) is 0.908. The van der Waals surface area contributed by atoms with Crippen LogP contribution in [0.5, 0.6) is 0 Å². The van der Waals surface area contributed by atoms with Crippen molar-refractivity contribution in [2.75, 3.05) is 13.6 Å². The Morgan fingerprint density at radius 1 is 1.36 bits per heavy atom. The highest BCUT2D eigenvalue weighted by atomic mass is 19.1. The molecule has 132 valence electrons. The Balaban J connectivity index is 1.46. The molecule has 1 aliphatic carbocycles. The van der Waals surface area contributed by atoms with Crippen molar-refractivity contribution < 1.29 is 9.18 Å². The van der Waals surface area contributed by atoms with Crippen LogP contribution >= 0.6 is 0 Å². The van der Waals surface area contributed by atoms with Gasteiger partial charge in [-0.05, 0) is 42.9 Å². The van der Waals surface area contributed by atoms with E-state index in [1.807, 2.05) is 6.07 Å². The molecule has 0 aliphatic heterocycles. The third kappa shape index (κ3) is 4.75. The molecule has 0 spiro atoms. The van der Waals surface area contributed by atoms with E-state index in [4.69, 9.17) is 0 Å². The number of aromatic nitrogens is 2. The highest BCUT2D eigenvalue weighted by molar-refractivity contribution is 5.74. The molecule has 3 rings (SSSR count). The molecular formula is C19H23FN4O. The Bertz CT molecular complexity index is 710. The summed E-state index contributed by atoms with van der Waals surface area (Å²) < 4.78 is 13.4. The molecule has 1 heterocycles. The number of rotatable bonds is 5. The number of hydrogen-bond donors (Lipinski definition) is 1. The molecular weight excluding hydrogens is 319 g/mol. The Morgan fingerprint density at radius 3 is 3.00 bits per heavy atom. The molecule has 1 fully saturated rings. The second-order valence-electron chi connectivity index (χ2n) is 6.58. The summed E-state index contributed by atoms with van der Waals surface area (Å²) in [5, 5.41) is 3.09. The molecule has 1 aromatic carbocycles. The van der Waals surface area contributed by atoms with Gasteiger partial charge in [-0.2, -0.15) is 0 Å². The topological polar surface area (TPSA) is 58.1 Å². The molecule has 2 amide bonds. The van der Waals surface area contributed by atoms with Gasteiger partial charge in [-0.1, -0.05) is 12.1 Å². The van der Waals surface area contributed by atoms with Crippen molar-refractivity contribution in [2.45, 2.75) is 37.6 Å². The smallest absolute Gasteiger partial charge is 0.317 e. The fourth-order valence-electron chi connectivity index (χ4n) is 3.30. The van der Waals surface area contributed by atoms with Crippen molar-refractivity contribution in [1.82, 2.24) is 20.2 Å². The predicted molar refractivity (Wildman–Crippen MR) is 93.7 cm³/mol. The van der Waals surface area contributed by atoms with Gasteiger partial charge in [-0.3, -0.25) is 9.97 Å². The number of benzene rings is 1. The standard InChI is InChI=1S/C19H23FN4O/c1-24(10-7-18-13-21-8-9-22-18)19(25)23-17-6-5-15(12-17)14-3-2-4-16(20)11-14/h2-4,8-9,11,13,15,17H,5-7,10,12H2,1H3,(H,23,25)/t15-,17-/m1/s1. The number of carbonyl (C=O) groups is 1. The number of carbonyl (C=O) groups excluding carboxylic acids is 1. The predicted octanol–water partition coefficient (Wildman–Crippen LogP) is 3.14. The van der Waals surface area contributed by atoms with Gasteiger partial charge in [0.05, 0.1) is 5.69 Å². The molecule has 6 heteroatoms. The van der Waals surface area contributed by atoms with E-state index >= 15 is 0 Å². The van der Waals surface area contributed by atoms with Crippen LogP contribution in [0.4, 0.5) is 9.18 Å². The van der Waals surface area contributed by atoms with Gasteiger partial charge < -0.3 is 10.2 Å². The summed E-state index contributed by atoms with van der Waals surface area (Å²) in [7, 11) is 1.78. The number of nitrogens with zero attached hydrogens (tertiary/aromatic N) is 3. The minimum Gasteiger partial charge on any atom is -0.335 e. The largest absolute Gasteiger partial charge is 0.335 e. The van der Waals surface area contributed by atoms with Gasteiger partial charge in [-0.15, -0.1) is 0 Å². The van der Waals surface area contributed by atoms with Crippen LogP contribution in [0.1, 0.15) is 36.4 Å². The Morgan fingerprint density at radius 2 is 2.24 bits per heavy atom. The van der Waals surface area contributed by atoms with Gasteiger partial charge in [0.15, 0.2) is 0 Å². The monoisotopic (exact) mass is 342 g/mol. The molecule has 1 N–H and O–H groups in total. The van der Waals surface area contributed by atoms with Crippen LogP contribution in [0.25, 0.3) is 0 Å². The molecule has 2 aromatic rings. The van der Waals surface area contributed by atoms with Crippen LogP contribution < -0.4 is 5.32 Å². The first-order valence-electron chi connectivity index (χ1n) is 8.64. The SMILES string of the molecule is CN(CCc1cnccn1)C(=O)N[C@@H]1CC[C@@H](c2cccc(F)c2)C1. The average Bonchev–Trinajstić information content (AvgIpc) is 3.09. The first-order valence-corrected chi connectivity index (χ1v) is 8.64. The van der Waals surface area contributed by atoms with Gasteiger partial charge in [0, 0.05) is 44.6 Å². The maximum absolute atomic E-state index is 13.4. The van der Waals surface area contributed by atoms with E-state index in [-0.39, 0.29) is 17.9 Å². The Labute approximate surface area is 147 Å². The fraction of sp³-hybridized carbons (Fsp3) is 0.421. The summed E-state index contributed by atoms with van der Waals surface area (Å²) in [5.41, 5.74) is 1.89. The highest BCUT2D eigenvalue weighted by Crippen LogP contribution is 2.34. The first-order chi connectivity index (χ1) is 12.1. The number of halogens is 1. The number of amides is 2. The average molecular weight is 342 g/mol. The van der Waals surface area contributed by atoms with Crippen molar-refractivity contribution >= 4 is 6.03 Å². The summed E-state index contributed by atoms with van der Waals surface area (Å²) in [4.78, 5) is 22.2. The number of nitrogens with one attached hydrogen (secondary N) is 1. The van der Waals surface area contributed by atoms with Crippen LogP contribution in [0.2, 0.25) is 0 Å². The van der Waals surface area contributed by atoms with Gasteiger partial charge in [0.2, 0.25) is 0 Å². The van der Waals surface area contributed by atoms with Crippen molar-refractivity contribution in [3.05, 3.63) is 59.9 Å². The maximum Gasteiger partial charge on any atom is 0.317 e. The molecule has 0 saturated heterocycles. The summed E-state index contributed by atoms with van der Waals surface area (Å²) >= 11 is 0. The van der Waals surface area contributed by atoms with Crippen LogP contribution in [-0.4, -0.2) is 40.5 Å². The molecule has 5 nitrogen and oxygen atoms in total. The Kier molecular flexibility index (Phi) is 5.58. The van der Waals surface area contributed by atoms with E-state index in [9.17, 15) is 9.18 Å².